The molecule has 1 fully saturated rings. The van der Waals surface area contributed by atoms with Crippen molar-refractivity contribution in [1.29, 1.82) is 0 Å². The maximum atomic E-state index is 12.9. The number of hydrogen-bond donors (Lipinski definition) is 0. The summed E-state index contributed by atoms with van der Waals surface area (Å²) in [5.41, 5.74) is 1.36. The van der Waals surface area contributed by atoms with Crippen LogP contribution in [0.5, 0.6) is 0 Å². The van der Waals surface area contributed by atoms with Crippen molar-refractivity contribution in [3.05, 3.63) is 42.2 Å². The molecule has 6 heteroatoms. The highest BCUT2D eigenvalue weighted by Gasteiger charge is 2.31. The van der Waals surface area contributed by atoms with Gasteiger partial charge in [0.15, 0.2) is 5.78 Å². The van der Waals surface area contributed by atoms with Crippen molar-refractivity contribution in [3.8, 4) is 5.69 Å². The lowest BCUT2D eigenvalue weighted by Gasteiger charge is -2.34. The number of ketones is 1. The molecule has 2 heterocycles. The van der Waals surface area contributed by atoms with E-state index in [0.29, 0.717) is 18.5 Å². The fourth-order valence-corrected chi connectivity index (χ4v) is 3.04. The number of nitrogens with zero attached hydrogens (tertiary/aromatic N) is 4. The first kappa shape index (κ1) is 15.4. The van der Waals surface area contributed by atoms with Gasteiger partial charge in [0.25, 0.3) is 5.91 Å². The van der Waals surface area contributed by atoms with Crippen LogP contribution in [0.2, 0.25) is 0 Å². The van der Waals surface area contributed by atoms with Crippen LogP contribution in [0, 0.1) is 0 Å². The van der Waals surface area contributed by atoms with E-state index in [4.69, 9.17) is 0 Å². The molecule has 23 heavy (non-hydrogen) atoms. The third-order valence-corrected chi connectivity index (χ3v) is 4.26. The lowest BCUT2D eigenvalue weighted by molar-refractivity contribution is -0.124. The van der Waals surface area contributed by atoms with Crippen LogP contribution in [-0.4, -0.2) is 44.2 Å². The topological polar surface area (TPSA) is 68.1 Å². The SMILES string of the molecule is CCC(=O)[C@H]1CCCCN1C(=O)c1cccc(-n2ccnn2)c1. The zero-order chi connectivity index (χ0) is 16.2. The third kappa shape index (κ3) is 3.16. The Kier molecular flexibility index (Phi) is 4.50. The molecule has 0 bridgehead atoms. The summed E-state index contributed by atoms with van der Waals surface area (Å²) in [6.45, 7) is 2.49. The Morgan fingerprint density at radius 2 is 2.17 bits per heavy atom. The van der Waals surface area contributed by atoms with Gasteiger partial charge in [0.2, 0.25) is 0 Å². The van der Waals surface area contributed by atoms with Crippen LogP contribution in [0.4, 0.5) is 0 Å². The largest absolute Gasteiger partial charge is 0.329 e. The molecule has 0 aliphatic carbocycles. The zero-order valence-corrected chi connectivity index (χ0v) is 13.2. The Hall–Kier alpha value is -2.50. The second-order valence-corrected chi connectivity index (χ2v) is 5.73. The second kappa shape index (κ2) is 6.73. The van der Waals surface area contributed by atoms with Crippen molar-refractivity contribution in [2.75, 3.05) is 6.54 Å². The van der Waals surface area contributed by atoms with E-state index in [-0.39, 0.29) is 17.7 Å². The maximum absolute atomic E-state index is 12.9. The molecule has 6 nitrogen and oxygen atoms in total. The van der Waals surface area contributed by atoms with Gasteiger partial charge in [0, 0.05) is 18.5 Å². The quantitative estimate of drug-likeness (QED) is 0.868. The molecule has 1 aromatic heterocycles. The van der Waals surface area contributed by atoms with Gasteiger partial charge in [-0.3, -0.25) is 9.59 Å². The molecule has 1 atom stereocenters. The molecule has 0 unspecified atom stereocenters. The molecular formula is C17H20N4O2. The number of likely N-dealkylation sites (tertiary alicyclic amines) is 1. The first-order valence-electron chi connectivity index (χ1n) is 8.01. The molecule has 1 saturated heterocycles. The van der Waals surface area contributed by atoms with Crippen molar-refractivity contribution >= 4 is 11.7 Å². The number of Topliss-reactive ketones (excluding diaryl/α,β-unsaturated/α-hetero) is 1. The monoisotopic (exact) mass is 312 g/mol. The molecule has 1 aliphatic heterocycles. The van der Waals surface area contributed by atoms with Gasteiger partial charge in [0.05, 0.1) is 24.1 Å². The zero-order valence-electron chi connectivity index (χ0n) is 13.2. The van der Waals surface area contributed by atoms with Crippen molar-refractivity contribution in [1.82, 2.24) is 19.9 Å². The summed E-state index contributed by atoms with van der Waals surface area (Å²) in [6, 6.07) is 6.99. The van der Waals surface area contributed by atoms with Crippen LogP contribution in [0.15, 0.2) is 36.7 Å². The summed E-state index contributed by atoms with van der Waals surface area (Å²) in [7, 11) is 0. The molecule has 3 rings (SSSR count). The van der Waals surface area contributed by atoms with E-state index in [9.17, 15) is 9.59 Å². The van der Waals surface area contributed by atoms with Gasteiger partial charge >= 0.3 is 0 Å². The van der Waals surface area contributed by atoms with Crippen LogP contribution >= 0.6 is 0 Å². The van der Waals surface area contributed by atoms with Crippen LogP contribution in [0.3, 0.4) is 0 Å². The summed E-state index contributed by atoms with van der Waals surface area (Å²) >= 11 is 0. The Balaban J connectivity index is 1.87. The number of benzene rings is 1. The summed E-state index contributed by atoms with van der Waals surface area (Å²) < 4.78 is 1.61. The van der Waals surface area contributed by atoms with Crippen LogP contribution < -0.4 is 0 Å². The number of hydrogen-bond acceptors (Lipinski definition) is 4. The van der Waals surface area contributed by atoms with E-state index in [2.05, 4.69) is 10.3 Å². The molecule has 0 radical (unpaired) electrons. The summed E-state index contributed by atoms with van der Waals surface area (Å²) in [4.78, 5) is 26.8. The minimum absolute atomic E-state index is 0.0848. The van der Waals surface area contributed by atoms with Gasteiger partial charge in [-0.05, 0) is 37.5 Å². The first-order valence-corrected chi connectivity index (χ1v) is 8.01. The highest BCUT2D eigenvalue weighted by atomic mass is 16.2. The van der Waals surface area contributed by atoms with Gasteiger partial charge in [-0.15, -0.1) is 5.10 Å². The Bertz CT molecular complexity index is 696. The molecule has 1 aromatic carbocycles. The molecule has 0 spiro atoms. The fourth-order valence-electron chi connectivity index (χ4n) is 3.04. The molecule has 1 amide bonds. The number of aromatic nitrogens is 3. The average Bonchev–Trinajstić information content (AvgIpc) is 3.15. The van der Waals surface area contributed by atoms with Gasteiger partial charge in [-0.2, -0.15) is 0 Å². The highest BCUT2D eigenvalue weighted by molar-refractivity contribution is 5.98. The number of carbonyl (C=O) groups is 2. The summed E-state index contributed by atoms with van der Waals surface area (Å²) in [5.74, 6) is 0.0592. The Morgan fingerprint density at radius 3 is 2.91 bits per heavy atom. The van der Waals surface area contributed by atoms with E-state index >= 15 is 0 Å². The van der Waals surface area contributed by atoms with E-state index < -0.39 is 0 Å². The summed E-state index contributed by atoms with van der Waals surface area (Å²) in [5, 5.41) is 7.73. The molecule has 2 aromatic rings. The van der Waals surface area contributed by atoms with Gasteiger partial charge in [0.1, 0.15) is 0 Å². The fraction of sp³-hybridized carbons (Fsp3) is 0.412. The van der Waals surface area contributed by atoms with E-state index in [1.807, 2.05) is 19.1 Å². The number of amides is 1. The molecule has 1 aliphatic rings. The van der Waals surface area contributed by atoms with Crippen LogP contribution in [0.1, 0.15) is 43.0 Å². The normalized spacial score (nSPS) is 18.0. The van der Waals surface area contributed by atoms with Crippen molar-refractivity contribution < 1.29 is 9.59 Å². The van der Waals surface area contributed by atoms with Gasteiger partial charge < -0.3 is 4.90 Å². The van der Waals surface area contributed by atoms with Crippen LogP contribution in [0.25, 0.3) is 5.69 Å². The number of piperidine rings is 1. The predicted molar refractivity (Wildman–Crippen MR) is 85.3 cm³/mol. The minimum Gasteiger partial charge on any atom is -0.329 e. The molecule has 0 N–H and O–H groups in total. The van der Waals surface area contributed by atoms with Crippen molar-refractivity contribution in [3.63, 3.8) is 0 Å². The molecular weight excluding hydrogens is 292 g/mol. The van der Waals surface area contributed by atoms with Gasteiger partial charge in [-0.25, -0.2) is 4.68 Å². The predicted octanol–water partition coefficient (Wildman–Crippen LogP) is 2.24. The molecule has 120 valence electrons. The average molecular weight is 312 g/mol. The van der Waals surface area contributed by atoms with Crippen molar-refractivity contribution in [2.24, 2.45) is 0 Å². The van der Waals surface area contributed by atoms with Gasteiger partial charge in [-0.1, -0.05) is 18.2 Å². The lowest BCUT2D eigenvalue weighted by atomic mass is 9.96. The second-order valence-electron chi connectivity index (χ2n) is 5.73. The Labute approximate surface area is 135 Å². The maximum Gasteiger partial charge on any atom is 0.254 e. The summed E-state index contributed by atoms with van der Waals surface area (Å²) in [6.07, 6.45) is 6.50. The van der Waals surface area contributed by atoms with E-state index in [1.165, 1.54) is 0 Å². The van der Waals surface area contributed by atoms with E-state index in [0.717, 1.165) is 24.9 Å². The lowest BCUT2D eigenvalue weighted by Crippen LogP contribution is -2.47. The van der Waals surface area contributed by atoms with Crippen molar-refractivity contribution in [2.45, 2.75) is 38.6 Å². The van der Waals surface area contributed by atoms with Crippen LogP contribution in [-0.2, 0) is 4.79 Å². The minimum atomic E-state index is -0.281. The number of carbonyl (C=O) groups excluding carboxylic acids is 2. The smallest absolute Gasteiger partial charge is 0.254 e. The Morgan fingerprint density at radius 1 is 1.30 bits per heavy atom. The standard InChI is InChI=1S/C17H20N4O2/c1-2-16(22)15-8-3-4-10-20(15)17(23)13-6-5-7-14(12-13)21-11-9-18-19-21/h5-7,9,11-12,15H,2-4,8,10H2,1H3/t15-/m1/s1. The molecule has 0 saturated carbocycles. The number of rotatable bonds is 4. The highest BCUT2D eigenvalue weighted by Crippen LogP contribution is 2.22. The van der Waals surface area contributed by atoms with E-state index in [1.54, 1.807) is 34.1 Å². The third-order valence-electron chi connectivity index (χ3n) is 4.26. The first-order chi connectivity index (χ1) is 11.2.